The van der Waals surface area contributed by atoms with E-state index in [0.29, 0.717) is 3.11 Å². The summed E-state index contributed by atoms with van der Waals surface area (Å²) in [6, 6.07) is -2.04. The van der Waals surface area contributed by atoms with Crippen molar-refractivity contribution < 1.29 is 39.1 Å². The number of carbonyl (C=O) groups is 2. The van der Waals surface area contributed by atoms with Gasteiger partial charge in [-0.25, -0.2) is 0 Å². The van der Waals surface area contributed by atoms with E-state index in [0.717, 1.165) is 0 Å². The number of imide groups is 1. The second kappa shape index (κ2) is 5.27. The molecule has 0 saturated carbocycles. The summed E-state index contributed by atoms with van der Waals surface area (Å²) in [7, 11) is 0. The monoisotopic (exact) mass is 251 g/mol. The Morgan fingerprint density at radius 1 is 1.56 bits per heavy atom. The van der Waals surface area contributed by atoms with Crippen molar-refractivity contribution in [2.45, 2.75) is 0 Å². The fraction of sp³-hybridized carbons (Fsp3) is 0. The van der Waals surface area contributed by atoms with Gasteiger partial charge in [0, 0.05) is 0 Å². The number of primary amides is 1. The van der Waals surface area contributed by atoms with Gasteiger partial charge in [-0.15, -0.1) is 0 Å². The average Bonchev–Trinajstić information content (AvgIpc) is 1.64. The smallest absolute Gasteiger partial charge is 0.446 e. The van der Waals surface area contributed by atoms with Crippen molar-refractivity contribution in [3.8, 4) is 0 Å². The fourth-order valence-corrected chi connectivity index (χ4v) is 0.100. The van der Waals surface area contributed by atoms with Gasteiger partial charge in [0.2, 0.25) is 6.03 Å². The van der Waals surface area contributed by atoms with Crippen LogP contribution in [0.15, 0.2) is 0 Å². The first kappa shape index (κ1) is 12.2. The van der Waals surface area contributed by atoms with Crippen LogP contribution in [-0.4, -0.2) is 15.2 Å². The Morgan fingerprint density at radius 2 is 1.89 bits per heavy atom. The molecule has 0 spiro atoms. The zero-order valence-corrected chi connectivity index (χ0v) is 8.88. The first-order valence-electron chi connectivity index (χ1n) is 1.56. The maximum absolute atomic E-state index is 9.94. The third kappa shape index (κ3) is 4.94. The summed E-state index contributed by atoms with van der Waals surface area (Å²) < 4.78 is 0.470. The van der Waals surface area contributed by atoms with Gasteiger partial charge >= 0.3 is 29.6 Å². The van der Waals surface area contributed by atoms with Gasteiger partial charge in [-0.05, 0) is 0 Å². The largest absolute Gasteiger partial charge is 1.00 e. The predicted octanol–water partition coefficient (Wildman–Crippen LogP) is -2.11. The molecule has 0 unspecified atom stereocenters. The molecule has 0 aliphatic rings. The van der Waals surface area contributed by atoms with E-state index in [1.165, 1.54) is 22.9 Å². The third-order valence-corrected chi connectivity index (χ3v) is 1.29. The molecule has 46 valence electrons. The second-order valence-corrected chi connectivity index (χ2v) is 1.89. The van der Waals surface area contributed by atoms with Crippen LogP contribution in [0, 0.1) is 0 Å². The number of hydrogen-bond acceptors (Lipinski definition) is 2. The SMILES string of the molecule is [NH-]C(=O)N(I)C(N)=O.[Na+]. The summed E-state index contributed by atoms with van der Waals surface area (Å²) >= 11 is 1.34. The number of urea groups is 2. The first-order valence-corrected chi connectivity index (χ1v) is 2.53. The molecule has 0 aromatic heterocycles. The number of amides is 4. The van der Waals surface area contributed by atoms with Crippen LogP contribution in [0.3, 0.4) is 0 Å². The molecule has 0 saturated heterocycles. The van der Waals surface area contributed by atoms with Crippen LogP contribution in [0.25, 0.3) is 5.73 Å². The number of nitrogens with two attached hydrogens (primary N) is 1. The van der Waals surface area contributed by atoms with E-state index in [4.69, 9.17) is 5.73 Å². The van der Waals surface area contributed by atoms with Crippen LogP contribution < -0.4 is 35.3 Å². The maximum atomic E-state index is 9.94. The predicted molar refractivity (Wildman–Crippen MR) is 35.2 cm³/mol. The zero-order valence-electron chi connectivity index (χ0n) is 4.72. The molecule has 9 heavy (non-hydrogen) atoms. The van der Waals surface area contributed by atoms with E-state index in [-0.39, 0.29) is 29.6 Å². The minimum absolute atomic E-state index is 0. The molecule has 0 heterocycles. The molecule has 0 aromatic carbocycles. The van der Waals surface area contributed by atoms with Gasteiger partial charge in [0.05, 0.1) is 0 Å². The molecule has 4 amide bonds. The van der Waals surface area contributed by atoms with Crippen LogP contribution in [0.2, 0.25) is 0 Å². The van der Waals surface area contributed by atoms with E-state index in [9.17, 15) is 9.59 Å². The third-order valence-electron chi connectivity index (χ3n) is 0.372. The van der Waals surface area contributed by atoms with Crippen LogP contribution in [-0.2, 0) is 0 Å². The number of rotatable bonds is 0. The van der Waals surface area contributed by atoms with E-state index in [2.05, 4.69) is 5.73 Å². The van der Waals surface area contributed by atoms with Gasteiger partial charge in [0.25, 0.3) is 0 Å². The van der Waals surface area contributed by atoms with E-state index >= 15 is 0 Å². The van der Waals surface area contributed by atoms with Gasteiger partial charge in [-0.1, -0.05) is 22.9 Å². The van der Waals surface area contributed by atoms with E-state index in [1.54, 1.807) is 0 Å². The Balaban J connectivity index is 0. The quantitative estimate of drug-likeness (QED) is 0.303. The molecular formula is C2H3IN3NaO2. The van der Waals surface area contributed by atoms with Gasteiger partial charge in [0.1, 0.15) is 0 Å². The molecular weight excluding hydrogens is 248 g/mol. The Morgan fingerprint density at radius 3 is 1.89 bits per heavy atom. The number of hydrogen-bond donors (Lipinski definition) is 1. The number of carbonyl (C=O) groups excluding carboxylic acids is 2. The van der Waals surface area contributed by atoms with E-state index in [1.807, 2.05) is 0 Å². The molecule has 0 aliphatic carbocycles. The van der Waals surface area contributed by atoms with Crippen molar-refractivity contribution in [3.63, 3.8) is 0 Å². The summed E-state index contributed by atoms with van der Waals surface area (Å²) in [5.74, 6) is 0. The minimum atomic E-state index is -1.11. The minimum Gasteiger partial charge on any atom is -0.446 e. The van der Waals surface area contributed by atoms with Crippen LogP contribution >= 0.6 is 22.9 Å². The van der Waals surface area contributed by atoms with Gasteiger partial charge in [-0.3, -0.25) is 9.59 Å². The Hall–Kier alpha value is 0.470. The molecule has 5 nitrogen and oxygen atoms in total. The molecule has 0 fully saturated rings. The molecule has 0 atom stereocenters. The number of halogens is 1. The second-order valence-electron chi connectivity index (χ2n) is 0.924. The molecule has 0 radical (unpaired) electrons. The van der Waals surface area contributed by atoms with Crippen molar-refractivity contribution >= 4 is 34.9 Å². The fourth-order valence-electron chi connectivity index (χ4n) is 0.100. The standard InChI is InChI=1S/C2H4IN3O2.Na/c3-6(1(4)7)2(5)8;/h(H4,4,5,7,8);/q;+1/p-1. The Labute approximate surface area is 87.9 Å². The summed E-state index contributed by atoms with van der Waals surface area (Å²) in [6.07, 6.45) is 0. The molecule has 7 heteroatoms. The molecule has 0 aromatic rings. The van der Waals surface area contributed by atoms with Gasteiger partial charge in [0.15, 0.2) is 6.03 Å². The summed E-state index contributed by atoms with van der Waals surface area (Å²) in [6.45, 7) is 0. The van der Waals surface area contributed by atoms with Crippen molar-refractivity contribution in [1.82, 2.24) is 3.11 Å². The summed E-state index contributed by atoms with van der Waals surface area (Å²) in [5.41, 5.74) is 10.9. The number of nitrogens with zero attached hydrogens (tertiary/aromatic N) is 1. The van der Waals surface area contributed by atoms with Crippen LogP contribution in [0.5, 0.6) is 0 Å². The van der Waals surface area contributed by atoms with Gasteiger partial charge in [-0.2, -0.15) is 0 Å². The average molecular weight is 251 g/mol. The molecule has 0 aliphatic heterocycles. The van der Waals surface area contributed by atoms with Crippen molar-refractivity contribution in [2.24, 2.45) is 5.73 Å². The van der Waals surface area contributed by atoms with Crippen molar-refractivity contribution in [3.05, 3.63) is 5.73 Å². The molecule has 0 bridgehead atoms. The van der Waals surface area contributed by atoms with E-state index < -0.39 is 12.1 Å². The van der Waals surface area contributed by atoms with Crippen LogP contribution in [0.1, 0.15) is 0 Å². The van der Waals surface area contributed by atoms with Crippen LogP contribution in [0.4, 0.5) is 9.59 Å². The number of nitrogens with one attached hydrogen (secondary N) is 1. The van der Waals surface area contributed by atoms with Gasteiger partial charge < -0.3 is 14.6 Å². The first-order chi connectivity index (χ1) is 3.55. The molecule has 0 rings (SSSR count). The summed E-state index contributed by atoms with van der Waals surface area (Å²) in [4.78, 5) is 19.8. The maximum Gasteiger partial charge on any atom is 1.00 e. The topological polar surface area (TPSA) is 87.2 Å². The Bertz CT molecular complexity index is 115. The van der Waals surface area contributed by atoms with Crippen molar-refractivity contribution in [2.75, 3.05) is 0 Å². The zero-order chi connectivity index (χ0) is 6.73. The Kier molecular flexibility index (Phi) is 7.13. The normalized spacial score (nSPS) is 7.22. The summed E-state index contributed by atoms with van der Waals surface area (Å²) in [5, 5.41) is 0. The van der Waals surface area contributed by atoms with Crippen molar-refractivity contribution in [1.29, 1.82) is 0 Å². The molecule has 3 N–H and O–H groups in total.